The zero-order valence-electron chi connectivity index (χ0n) is 10.7. The van der Waals surface area contributed by atoms with Crippen molar-refractivity contribution in [2.45, 2.75) is 11.3 Å². The van der Waals surface area contributed by atoms with Crippen LogP contribution in [0.3, 0.4) is 0 Å². The molecule has 0 radical (unpaired) electrons. The van der Waals surface area contributed by atoms with Crippen LogP contribution in [0.5, 0.6) is 11.5 Å². The van der Waals surface area contributed by atoms with Gasteiger partial charge in [-0.05, 0) is 55.6 Å². The molecule has 0 fully saturated rings. The Kier molecular flexibility index (Phi) is 4.82. The minimum Gasteiger partial charge on any atom is -0.457 e. The molecule has 0 spiro atoms. The van der Waals surface area contributed by atoms with Gasteiger partial charge < -0.3 is 10.5 Å². The highest BCUT2D eigenvalue weighted by Gasteiger charge is 2.09. The highest BCUT2D eigenvalue weighted by molar-refractivity contribution is 7.98. The fourth-order valence-corrected chi connectivity index (χ4v) is 2.20. The molecular formula is C15H16FNOS. The Hall–Kier alpha value is -1.52. The van der Waals surface area contributed by atoms with E-state index < -0.39 is 0 Å². The molecule has 2 rings (SSSR count). The normalized spacial score (nSPS) is 10.5. The van der Waals surface area contributed by atoms with E-state index in [0.29, 0.717) is 30.0 Å². The van der Waals surface area contributed by atoms with Crippen LogP contribution >= 0.6 is 11.8 Å². The first-order valence-electron chi connectivity index (χ1n) is 6.04. The molecule has 0 aliphatic rings. The first-order valence-corrected chi connectivity index (χ1v) is 7.26. The van der Waals surface area contributed by atoms with Crippen molar-refractivity contribution >= 4 is 11.8 Å². The molecule has 100 valence electrons. The predicted molar refractivity (Wildman–Crippen MR) is 77.5 cm³/mol. The fourth-order valence-electron chi connectivity index (χ4n) is 1.79. The third-order valence-corrected chi connectivity index (χ3v) is 3.50. The van der Waals surface area contributed by atoms with E-state index in [-0.39, 0.29) is 5.82 Å². The second-order valence-electron chi connectivity index (χ2n) is 4.03. The Balaban J connectivity index is 2.24. The van der Waals surface area contributed by atoms with Crippen LogP contribution < -0.4 is 10.5 Å². The van der Waals surface area contributed by atoms with E-state index in [9.17, 15) is 4.39 Å². The molecule has 0 atom stereocenters. The van der Waals surface area contributed by atoms with Gasteiger partial charge in [0, 0.05) is 10.5 Å². The molecule has 2 nitrogen and oxygen atoms in total. The molecule has 2 aromatic carbocycles. The number of hydrogen-bond donors (Lipinski definition) is 1. The molecule has 0 amide bonds. The molecule has 2 aromatic rings. The van der Waals surface area contributed by atoms with Crippen LogP contribution in [0.4, 0.5) is 4.39 Å². The van der Waals surface area contributed by atoms with Gasteiger partial charge in [0.1, 0.15) is 17.3 Å². The van der Waals surface area contributed by atoms with Gasteiger partial charge >= 0.3 is 0 Å². The van der Waals surface area contributed by atoms with Crippen LogP contribution in [0.25, 0.3) is 0 Å². The van der Waals surface area contributed by atoms with Crippen LogP contribution in [-0.4, -0.2) is 12.8 Å². The van der Waals surface area contributed by atoms with Gasteiger partial charge in [-0.2, -0.15) is 0 Å². The van der Waals surface area contributed by atoms with Crippen LogP contribution in [-0.2, 0) is 6.42 Å². The minimum atomic E-state index is -0.274. The quantitative estimate of drug-likeness (QED) is 0.843. The summed E-state index contributed by atoms with van der Waals surface area (Å²) in [5.74, 6) is 0.952. The number of halogens is 1. The van der Waals surface area contributed by atoms with Crippen molar-refractivity contribution in [1.29, 1.82) is 0 Å². The molecule has 0 aliphatic carbocycles. The average Bonchev–Trinajstić information content (AvgIpc) is 2.43. The van der Waals surface area contributed by atoms with E-state index in [2.05, 4.69) is 0 Å². The topological polar surface area (TPSA) is 35.2 Å². The summed E-state index contributed by atoms with van der Waals surface area (Å²) < 4.78 is 19.5. The Morgan fingerprint density at radius 3 is 2.53 bits per heavy atom. The van der Waals surface area contributed by atoms with E-state index in [4.69, 9.17) is 10.5 Å². The van der Waals surface area contributed by atoms with Gasteiger partial charge in [0.2, 0.25) is 0 Å². The maximum Gasteiger partial charge on any atom is 0.133 e. The summed E-state index contributed by atoms with van der Waals surface area (Å²) in [4.78, 5) is 1.16. The number of hydrogen-bond acceptors (Lipinski definition) is 3. The summed E-state index contributed by atoms with van der Waals surface area (Å²) in [7, 11) is 0. The minimum absolute atomic E-state index is 0.274. The number of ether oxygens (including phenoxy) is 1. The fraction of sp³-hybridized carbons (Fsp3) is 0.200. The Bertz CT molecular complexity index is 542. The lowest BCUT2D eigenvalue weighted by Crippen LogP contribution is -2.06. The van der Waals surface area contributed by atoms with E-state index >= 15 is 0 Å². The van der Waals surface area contributed by atoms with Gasteiger partial charge in [0.05, 0.1) is 0 Å². The zero-order valence-corrected chi connectivity index (χ0v) is 11.5. The van der Waals surface area contributed by atoms with Crippen molar-refractivity contribution in [2.75, 3.05) is 12.8 Å². The first kappa shape index (κ1) is 13.9. The zero-order chi connectivity index (χ0) is 13.7. The second kappa shape index (κ2) is 6.59. The third-order valence-electron chi connectivity index (χ3n) is 2.76. The largest absolute Gasteiger partial charge is 0.457 e. The van der Waals surface area contributed by atoms with Crippen molar-refractivity contribution in [3.8, 4) is 11.5 Å². The summed E-state index contributed by atoms with van der Waals surface area (Å²) in [6, 6.07) is 12.5. The number of benzene rings is 2. The number of rotatable bonds is 5. The van der Waals surface area contributed by atoms with E-state index in [1.54, 1.807) is 23.9 Å². The first-order chi connectivity index (χ1) is 9.24. The lowest BCUT2D eigenvalue weighted by atomic mass is 10.1. The van der Waals surface area contributed by atoms with E-state index in [1.807, 2.05) is 30.5 Å². The van der Waals surface area contributed by atoms with Crippen molar-refractivity contribution in [2.24, 2.45) is 5.73 Å². The molecule has 0 aromatic heterocycles. The molecular weight excluding hydrogens is 261 g/mol. The van der Waals surface area contributed by atoms with Crippen molar-refractivity contribution in [1.82, 2.24) is 0 Å². The molecule has 19 heavy (non-hydrogen) atoms. The van der Waals surface area contributed by atoms with Crippen molar-refractivity contribution < 1.29 is 9.13 Å². The Morgan fingerprint density at radius 1 is 1.16 bits per heavy atom. The Morgan fingerprint density at radius 2 is 1.89 bits per heavy atom. The van der Waals surface area contributed by atoms with Crippen LogP contribution in [0, 0.1) is 5.82 Å². The second-order valence-corrected chi connectivity index (χ2v) is 4.91. The monoisotopic (exact) mass is 277 g/mol. The average molecular weight is 277 g/mol. The summed E-state index contributed by atoms with van der Waals surface area (Å²) >= 11 is 1.67. The lowest BCUT2D eigenvalue weighted by molar-refractivity contribution is 0.467. The highest BCUT2D eigenvalue weighted by Crippen LogP contribution is 2.28. The molecule has 0 unspecified atom stereocenters. The molecule has 0 aliphatic heterocycles. The van der Waals surface area contributed by atoms with Gasteiger partial charge in [0.25, 0.3) is 0 Å². The van der Waals surface area contributed by atoms with Gasteiger partial charge in [-0.25, -0.2) is 4.39 Å². The number of nitrogens with two attached hydrogens (primary N) is 1. The molecule has 4 heteroatoms. The van der Waals surface area contributed by atoms with Gasteiger partial charge in [-0.15, -0.1) is 11.8 Å². The predicted octanol–water partition coefficient (Wildman–Crippen LogP) is 3.84. The molecule has 0 heterocycles. The highest BCUT2D eigenvalue weighted by atomic mass is 32.2. The van der Waals surface area contributed by atoms with Gasteiger partial charge in [-0.3, -0.25) is 0 Å². The maximum atomic E-state index is 13.7. The summed E-state index contributed by atoms with van der Waals surface area (Å²) in [5, 5.41) is 0. The summed E-state index contributed by atoms with van der Waals surface area (Å²) in [5.41, 5.74) is 6.03. The SMILES string of the molecule is CSc1ccc(Oc2cccc(F)c2CCN)cc1. The van der Waals surface area contributed by atoms with Gasteiger partial charge in [0.15, 0.2) is 0 Å². The van der Waals surface area contributed by atoms with E-state index in [0.717, 1.165) is 4.90 Å². The number of thioether (sulfide) groups is 1. The Labute approximate surface area is 116 Å². The smallest absolute Gasteiger partial charge is 0.133 e. The molecule has 0 bridgehead atoms. The summed E-state index contributed by atoms with van der Waals surface area (Å²) in [6.45, 7) is 0.392. The lowest BCUT2D eigenvalue weighted by Gasteiger charge is -2.11. The third kappa shape index (κ3) is 3.49. The molecule has 0 saturated carbocycles. The maximum absolute atomic E-state index is 13.7. The van der Waals surface area contributed by atoms with Crippen LogP contribution in [0.1, 0.15) is 5.56 Å². The standard InChI is InChI=1S/C15H16FNOS/c1-19-12-7-5-11(6-8-12)18-15-4-2-3-14(16)13(15)9-10-17/h2-8H,9-10,17H2,1H3. The van der Waals surface area contributed by atoms with Gasteiger partial charge in [-0.1, -0.05) is 6.07 Å². The van der Waals surface area contributed by atoms with Crippen LogP contribution in [0.15, 0.2) is 47.4 Å². The van der Waals surface area contributed by atoms with Crippen molar-refractivity contribution in [3.63, 3.8) is 0 Å². The molecule has 0 saturated heterocycles. The molecule has 2 N–H and O–H groups in total. The van der Waals surface area contributed by atoms with Crippen LogP contribution in [0.2, 0.25) is 0 Å². The van der Waals surface area contributed by atoms with Crippen molar-refractivity contribution in [3.05, 3.63) is 53.8 Å². The summed E-state index contributed by atoms with van der Waals surface area (Å²) in [6.07, 6.45) is 2.48. The van der Waals surface area contributed by atoms with E-state index in [1.165, 1.54) is 6.07 Å².